The number of nitrogens with one attached hydrogen (secondary N) is 1. The Labute approximate surface area is 245 Å². The predicted octanol–water partition coefficient (Wildman–Crippen LogP) is 6.18. The van der Waals surface area contributed by atoms with Gasteiger partial charge in [0, 0.05) is 19.0 Å². The van der Waals surface area contributed by atoms with Crippen LogP contribution in [0.1, 0.15) is 72.0 Å². The second kappa shape index (κ2) is 13.4. The maximum Gasteiger partial charge on any atom is 0.273 e. The third kappa shape index (κ3) is 6.47. The highest BCUT2D eigenvalue weighted by Crippen LogP contribution is 2.45. The Morgan fingerprint density at radius 1 is 1.00 bits per heavy atom. The molecule has 218 valence electrons. The molecular formula is C33H35N3O6. The number of hydrogen-bond donors (Lipinski definition) is 2. The number of nitrogens with zero attached hydrogens (tertiary/aromatic N) is 2. The monoisotopic (exact) mass is 569 g/mol. The Kier molecular flexibility index (Phi) is 9.18. The fraction of sp³-hybridized carbons (Fsp3) is 0.303. The molecule has 4 aromatic rings. The third-order valence-electron chi connectivity index (χ3n) is 6.97. The molecule has 1 atom stereocenters. The average Bonchev–Trinajstić information content (AvgIpc) is 3.67. The molecule has 9 nitrogen and oxygen atoms in total. The maximum atomic E-state index is 13.0. The quantitative estimate of drug-likeness (QED) is 0.209. The molecule has 3 aromatic carbocycles. The van der Waals surface area contributed by atoms with Crippen LogP contribution in [0, 0.1) is 0 Å². The number of ether oxygens (including phenoxy) is 2. The Hall–Kier alpha value is -4.63. The summed E-state index contributed by atoms with van der Waals surface area (Å²) in [7, 11) is 0. The molecule has 0 radical (unpaired) electrons. The van der Waals surface area contributed by atoms with Crippen molar-refractivity contribution in [1.82, 2.24) is 10.5 Å². The number of aromatic nitrogens is 1. The van der Waals surface area contributed by atoms with Crippen molar-refractivity contribution in [1.29, 1.82) is 0 Å². The van der Waals surface area contributed by atoms with Gasteiger partial charge in [-0.3, -0.25) is 4.79 Å². The van der Waals surface area contributed by atoms with Crippen LogP contribution in [0.3, 0.4) is 0 Å². The molecule has 0 fully saturated rings. The van der Waals surface area contributed by atoms with E-state index in [-0.39, 0.29) is 24.1 Å². The zero-order valence-corrected chi connectivity index (χ0v) is 24.0. The SMILES string of the molecule is CCNC(=O)c1noc(-c2cc(C(C)C)c(OCc3ccccc3)cc2OCc2ccccc2)c1C1CC(CO)=NO1. The summed E-state index contributed by atoms with van der Waals surface area (Å²) in [4.78, 5) is 18.7. The number of hydrogen-bond acceptors (Lipinski definition) is 8. The lowest BCUT2D eigenvalue weighted by atomic mass is 9.93. The van der Waals surface area contributed by atoms with Crippen molar-refractivity contribution in [2.24, 2.45) is 5.16 Å². The van der Waals surface area contributed by atoms with Gasteiger partial charge in [0.25, 0.3) is 5.91 Å². The van der Waals surface area contributed by atoms with E-state index in [0.717, 1.165) is 16.7 Å². The first-order valence-electron chi connectivity index (χ1n) is 14.1. The molecule has 1 aliphatic rings. The molecule has 0 saturated carbocycles. The van der Waals surface area contributed by atoms with Crippen LogP contribution < -0.4 is 14.8 Å². The molecule has 0 saturated heterocycles. The van der Waals surface area contributed by atoms with E-state index >= 15 is 0 Å². The highest BCUT2D eigenvalue weighted by atomic mass is 16.6. The van der Waals surface area contributed by atoms with Crippen molar-refractivity contribution in [3.05, 3.63) is 101 Å². The van der Waals surface area contributed by atoms with Gasteiger partial charge in [0.15, 0.2) is 17.6 Å². The topological polar surface area (TPSA) is 115 Å². The van der Waals surface area contributed by atoms with E-state index in [1.54, 1.807) is 0 Å². The van der Waals surface area contributed by atoms with E-state index in [4.69, 9.17) is 18.8 Å². The summed E-state index contributed by atoms with van der Waals surface area (Å²) in [6.07, 6.45) is -0.364. The van der Waals surface area contributed by atoms with Crippen LogP contribution >= 0.6 is 0 Å². The molecule has 1 amide bonds. The van der Waals surface area contributed by atoms with Gasteiger partial charge in [-0.2, -0.15) is 0 Å². The summed E-state index contributed by atoms with van der Waals surface area (Å²) >= 11 is 0. The first-order chi connectivity index (χ1) is 20.5. The van der Waals surface area contributed by atoms with Crippen LogP contribution in [0.15, 0.2) is 82.5 Å². The number of carbonyl (C=O) groups is 1. The molecule has 42 heavy (non-hydrogen) atoms. The highest BCUT2D eigenvalue weighted by molar-refractivity contribution is 5.96. The van der Waals surface area contributed by atoms with E-state index in [1.807, 2.05) is 79.7 Å². The van der Waals surface area contributed by atoms with Gasteiger partial charge in [0.1, 0.15) is 24.7 Å². The summed E-state index contributed by atoms with van der Waals surface area (Å²) < 4.78 is 18.6. The third-order valence-corrected chi connectivity index (χ3v) is 6.97. The Bertz CT molecular complexity index is 1530. The van der Waals surface area contributed by atoms with Crippen LogP contribution in [-0.2, 0) is 18.1 Å². The zero-order valence-electron chi connectivity index (χ0n) is 24.0. The predicted molar refractivity (Wildman–Crippen MR) is 159 cm³/mol. The van der Waals surface area contributed by atoms with Gasteiger partial charge >= 0.3 is 0 Å². The lowest BCUT2D eigenvalue weighted by molar-refractivity contribution is 0.0822. The van der Waals surface area contributed by atoms with E-state index < -0.39 is 6.10 Å². The first-order valence-corrected chi connectivity index (χ1v) is 14.1. The van der Waals surface area contributed by atoms with Crippen molar-refractivity contribution in [3.63, 3.8) is 0 Å². The average molecular weight is 570 g/mol. The molecule has 2 heterocycles. The highest BCUT2D eigenvalue weighted by Gasteiger charge is 2.35. The Balaban J connectivity index is 1.61. The fourth-order valence-electron chi connectivity index (χ4n) is 4.79. The molecule has 1 unspecified atom stereocenters. The lowest BCUT2D eigenvalue weighted by Gasteiger charge is -2.20. The van der Waals surface area contributed by atoms with Crippen molar-refractivity contribution in [2.45, 2.75) is 52.4 Å². The molecule has 1 aromatic heterocycles. The molecule has 2 N–H and O–H groups in total. The lowest BCUT2D eigenvalue weighted by Crippen LogP contribution is -2.24. The van der Waals surface area contributed by atoms with Gasteiger partial charge in [-0.1, -0.05) is 84.8 Å². The first kappa shape index (κ1) is 28.9. The van der Waals surface area contributed by atoms with Gasteiger partial charge in [-0.15, -0.1) is 0 Å². The molecule has 0 aliphatic carbocycles. The van der Waals surface area contributed by atoms with Crippen molar-refractivity contribution in [3.8, 4) is 22.8 Å². The number of rotatable bonds is 12. The second-order valence-electron chi connectivity index (χ2n) is 10.3. The minimum absolute atomic E-state index is 0.0963. The summed E-state index contributed by atoms with van der Waals surface area (Å²) in [5.74, 6) is 1.25. The smallest absolute Gasteiger partial charge is 0.273 e. The number of aliphatic hydroxyl groups is 1. The van der Waals surface area contributed by atoms with E-state index in [0.29, 0.717) is 60.3 Å². The minimum Gasteiger partial charge on any atom is -0.488 e. The zero-order chi connectivity index (χ0) is 29.5. The second-order valence-corrected chi connectivity index (χ2v) is 10.3. The van der Waals surface area contributed by atoms with Crippen molar-refractivity contribution < 1.29 is 28.7 Å². The largest absolute Gasteiger partial charge is 0.488 e. The van der Waals surface area contributed by atoms with E-state index in [9.17, 15) is 9.90 Å². The van der Waals surface area contributed by atoms with Gasteiger partial charge in [0.05, 0.1) is 23.4 Å². The summed E-state index contributed by atoms with van der Waals surface area (Å²) in [6.45, 7) is 6.87. The molecule has 9 heteroatoms. The molecule has 0 spiro atoms. The van der Waals surface area contributed by atoms with E-state index in [1.165, 1.54) is 0 Å². The number of carbonyl (C=O) groups excluding carboxylic acids is 1. The minimum atomic E-state index is -0.663. The summed E-state index contributed by atoms with van der Waals surface area (Å²) in [6, 6.07) is 23.7. The Morgan fingerprint density at radius 2 is 1.64 bits per heavy atom. The van der Waals surface area contributed by atoms with Crippen LogP contribution in [0.25, 0.3) is 11.3 Å². The van der Waals surface area contributed by atoms with Gasteiger partial charge in [-0.05, 0) is 35.6 Å². The van der Waals surface area contributed by atoms with Gasteiger partial charge in [-0.25, -0.2) is 0 Å². The maximum absolute atomic E-state index is 13.0. The van der Waals surface area contributed by atoms with Crippen LogP contribution in [0.4, 0.5) is 0 Å². The summed E-state index contributed by atoms with van der Waals surface area (Å²) in [5.41, 5.74) is 4.62. The Morgan fingerprint density at radius 3 is 2.21 bits per heavy atom. The standard InChI is InChI=1S/C33H35N3O6/c1-4-34-33(38)31-30(29-15-24(18-37)35-41-29)32(42-36-31)26-16-25(21(2)3)27(39-19-22-11-7-5-8-12-22)17-28(26)40-20-23-13-9-6-10-14-23/h5-14,16-17,21,29,37H,4,15,18-20H2,1-3H3,(H,34,38). The molecule has 5 rings (SSSR count). The van der Waals surface area contributed by atoms with Crippen LogP contribution in [-0.4, -0.2) is 35.0 Å². The van der Waals surface area contributed by atoms with Crippen LogP contribution in [0.2, 0.25) is 0 Å². The molecular weight excluding hydrogens is 534 g/mol. The van der Waals surface area contributed by atoms with E-state index in [2.05, 4.69) is 29.5 Å². The number of oxime groups is 1. The van der Waals surface area contributed by atoms with Gasteiger partial charge < -0.3 is 29.3 Å². The van der Waals surface area contributed by atoms with Crippen LogP contribution in [0.5, 0.6) is 11.5 Å². The van der Waals surface area contributed by atoms with Gasteiger partial charge in [0.2, 0.25) is 0 Å². The normalized spacial score (nSPS) is 14.4. The summed E-state index contributed by atoms with van der Waals surface area (Å²) in [5, 5.41) is 20.6. The number of amides is 1. The van der Waals surface area contributed by atoms with Crippen molar-refractivity contribution >= 4 is 11.6 Å². The fourth-order valence-corrected chi connectivity index (χ4v) is 4.79. The number of aliphatic hydroxyl groups excluding tert-OH is 1. The number of benzene rings is 3. The van der Waals surface area contributed by atoms with Crippen molar-refractivity contribution in [2.75, 3.05) is 13.2 Å². The molecule has 1 aliphatic heterocycles. The molecule has 0 bridgehead atoms.